The molecule has 8 heteroatoms. The Morgan fingerprint density at radius 3 is 2.60 bits per heavy atom. The quantitative estimate of drug-likeness (QED) is 0.247. The maximum absolute atomic E-state index is 11.2. The fraction of sp³-hybridized carbons (Fsp3) is 0.571. The maximum atomic E-state index is 11.2. The molecule has 0 spiro atoms. The van der Waals surface area contributed by atoms with E-state index in [2.05, 4.69) is 23.1 Å². The molecule has 0 aromatic heterocycles. The fourth-order valence-corrected chi connectivity index (χ4v) is 1.85. The van der Waals surface area contributed by atoms with E-state index >= 15 is 0 Å². The molecule has 0 fully saturated rings. The first kappa shape index (κ1) is 17.7. The van der Waals surface area contributed by atoms with Gasteiger partial charge in [0.15, 0.2) is 5.11 Å². The van der Waals surface area contributed by atoms with Crippen LogP contribution in [0.15, 0.2) is 12.7 Å². The maximum Gasteiger partial charge on any atom is 1.00 e. The Morgan fingerprint density at radius 1 is 1.73 bits per heavy atom. The molecular weight excluding hydrogens is 247 g/mol. The number of rotatable bonds is 6. The topological polar surface area (TPSA) is 72.6 Å². The molecule has 84 valence electrons. The van der Waals surface area contributed by atoms with Gasteiger partial charge in [0.25, 0.3) is 10.1 Å². The van der Waals surface area contributed by atoms with Crippen LogP contribution in [0.1, 0.15) is 14.8 Å². The van der Waals surface area contributed by atoms with Gasteiger partial charge in [-0.3, -0.25) is 0 Å². The van der Waals surface area contributed by atoms with Crippen LogP contribution in [0.5, 0.6) is 0 Å². The molecular formula is C7H15N2NaO3S2. The largest absolute Gasteiger partial charge is 1.00 e. The normalized spacial score (nSPS) is 10.2. The monoisotopic (exact) mass is 262 g/mol. The minimum absolute atomic E-state index is 0. The van der Waals surface area contributed by atoms with Crippen LogP contribution in [-0.4, -0.2) is 30.9 Å². The third-order valence-electron chi connectivity index (χ3n) is 1.20. The summed E-state index contributed by atoms with van der Waals surface area (Å²) in [7, 11) is -3.59. The van der Waals surface area contributed by atoms with Crippen LogP contribution in [0.3, 0.4) is 0 Å². The van der Waals surface area contributed by atoms with Crippen molar-refractivity contribution in [2.75, 3.05) is 12.3 Å². The summed E-state index contributed by atoms with van der Waals surface area (Å²) >= 11 is 4.60. The Balaban J connectivity index is -0.000000845. The molecule has 0 heterocycles. The minimum Gasteiger partial charge on any atom is -1.00 e. The van der Waals surface area contributed by atoms with Crippen LogP contribution in [-0.2, 0) is 14.4 Å². The van der Waals surface area contributed by atoms with Crippen LogP contribution in [0.2, 0.25) is 0 Å². The van der Waals surface area contributed by atoms with Gasteiger partial charge in [0, 0.05) is 0 Å². The Morgan fingerprint density at radius 2 is 2.27 bits per heavy atom. The molecule has 2 N–H and O–H groups in total. The SMILES string of the molecule is C=CCN(OS(=O)(=O)CCC)C(N)=S.[H-].[Na+]. The van der Waals surface area contributed by atoms with Crippen LogP contribution in [0.25, 0.3) is 0 Å². The zero-order valence-electron chi connectivity index (χ0n) is 9.97. The second-order valence-electron chi connectivity index (χ2n) is 2.52. The average molecular weight is 262 g/mol. The van der Waals surface area contributed by atoms with Crippen molar-refractivity contribution in [3.8, 4) is 0 Å². The van der Waals surface area contributed by atoms with Gasteiger partial charge in [0.1, 0.15) is 0 Å². The summed E-state index contributed by atoms with van der Waals surface area (Å²) in [5.74, 6) is -0.0662. The first-order chi connectivity index (χ1) is 6.43. The second-order valence-corrected chi connectivity index (χ2v) is 4.62. The first-order valence-electron chi connectivity index (χ1n) is 4.03. The molecule has 5 nitrogen and oxygen atoms in total. The average Bonchev–Trinajstić information content (AvgIpc) is 2.02. The molecule has 0 aromatic carbocycles. The molecule has 0 rings (SSSR count). The van der Waals surface area contributed by atoms with Crippen molar-refractivity contribution in [3.05, 3.63) is 12.7 Å². The van der Waals surface area contributed by atoms with E-state index in [1.165, 1.54) is 6.08 Å². The molecule has 0 aliphatic carbocycles. The van der Waals surface area contributed by atoms with Gasteiger partial charge in [0.2, 0.25) is 0 Å². The van der Waals surface area contributed by atoms with Crippen molar-refractivity contribution in [3.63, 3.8) is 0 Å². The van der Waals surface area contributed by atoms with E-state index in [4.69, 9.17) is 5.73 Å². The zero-order valence-corrected chi connectivity index (χ0v) is 12.6. The molecule has 0 aliphatic rings. The summed E-state index contributed by atoms with van der Waals surface area (Å²) in [5, 5.41) is 0.775. The van der Waals surface area contributed by atoms with Crippen LogP contribution in [0.4, 0.5) is 0 Å². The third-order valence-corrected chi connectivity index (χ3v) is 2.72. The number of thiocarbonyl (C=S) groups is 1. The van der Waals surface area contributed by atoms with Crippen molar-refractivity contribution < 1.29 is 43.7 Å². The second kappa shape index (κ2) is 8.49. The van der Waals surface area contributed by atoms with Crippen molar-refractivity contribution in [2.45, 2.75) is 13.3 Å². The van der Waals surface area contributed by atoms with Crippen molar-refractivity contribution >= 4 is 27.4 Å². The zero-order chi connectivity index (χ0) is 11.2. The molecule has 0 aliphatic heterocycles. The molecule has 0 saturated carbocycles. The number of hydrogen-bond acceptors (Lipinski definition) is 4. The summed E-state index contributed by atoms with van der Waals surface area (Å²) in [6, 6.07) is 0. The summed E-state index contributed by atoms with van der Waals surface area (Å²) in [6.45, 7) is 5.30. The Labute approximate surface area is 119 Å². The van der Waals surface area contributed by atoms with Gasteiger partial charge in [-0.2, -0.15) is 8.42 Å². The van der Waals surface area contributed by atoms with E-state index in [-0.39, 0.29) is 48.4 Å². The number of hydroxylamine groups is 2. The molecule has 0 unspecified atom stereocenters. The molecule has 0 radical (unpaired) electrons. The van der Waals surface area contributed by atoms with Crippen LogP contribution in [0, 0.1) is 0 Å². The Kier molecular flexibility index (Phi) is 10.0. The van der Waals surface area contributed by atoms with Crippen molar-refractivity contribution in [1.29, 1.82) is 0 Å². The van der Waals surface area contributed by atoms with Gasteiger partial charge < -0.3 is 7.16 Å². The molecule has 0 amide bonds. The summed E-state index contributed by atoms with van der Waals surface area (Å²) in [5.41, 5.74) is 5.25. The summed E-state index contributed by atoms with van der Waals surface area (Å²) < 4.78 is 27.1. The van der Waals surface area contributed by atoms with E-state index in [0.29, 0.717) is 6.42 Å². The van der Waals surface area contributed by atoms with Gasteiger partial charge in [-0.1, -0.05) is 13.0 Å². The minimum atomic E-state index is -3.59. The van der Waals surface area contributed by atoms with Gasteiger partial charge >= 0.3 is 29.6 Å². The predicted octanol–water partition coefficient (Wildman–Crippen LogP) is -2.49. The van der Waals surface area contributed by atoms with Gasteiger partial charge in [0.05, 0.1) is 12.3 Å². The molecule has 0 aromatic rings. The summed E-state index contributed by atoms with van der Waals surface area (Å²) in [6.07, 6.45) is 1.92. The number of nitrogens with zero attached hydrogens (tertiary/aromatic N) is 1. The van der Waals surface area contributed by atoms with E-state index in [1.807, 2.05) is 0 Å². The van der Waals surface area contributed by atoms with Crippen LogP contribution >= 0.6 is 12.2 Å². The standard InChI is InChI=1S/C7H14N2O3S2.Na.H/c1-3-5-9(7(8)13)12-14(10,11)6-4-2;;/h3H,1,4-6H2,2H3,(H2,8,13);;/q;+1;-1. The van der Waals surface area contributed by atoms with Crippen molar-refractivity contribution in [1.82, 2.24) is 5.06 Å². The van der Waals surface area contributed by atoms with Crippen molar-refractivity contribution in [2.24, 2.45) is 5.73 Å². The van der Waals surface area contributed by atoms with E-state index < -0.39 is 10.1 Å². The van der Waals surface area contributed by atoms with Gasteiger partial charge in [-0.25, -0.2) is 5.06 Å². The van der Waals surface area contributed by atoms with E-state index in [9.17, 15) is 8.42 Å². The Bertz CT molecular complexity index is 311. The third kappa shape index (κ3) is 8.18. The molecule has 15 heavy (non-hydrogen) atoms. The predicted molar refractivity (Wildman–Crippen MR) is 60.0 cm³/mol. The smallest absolute Gasteiger partial charge is 1.00 e. The Hall–Kier alpha value is 0.340. The van der Waals surface area contributed by atoms with Crippen LogP contribution < -0.4 is 35.3 Å². The number of hydrogen-bond donors (Lipinski definition) is 1. The molecule has 0 atom stereocenters. The van der Waals surface area contributed by atoms with Gasteiger partial charge in [-0.05, 0) is 18.6 Å². The molecule has 0 saturated heterocycles. The molecule has 0 bridgehead atoms. The fourth-order valence-electron chi connectivity index (χ4n) is 0.699. The summed E-state index contributed by atoms with van der Waals surface area (Å²) in [4.78, 5) is 0. The van der Waals surface area contributed by atoms with Gasteiger partial charge in [-0.15, -0.1) is 10.9 Å². The van der Waals surface area contributed by atoms with E-state index in [0.717, 1.165) is 5.06 Å². The number of nitrogens with two attached hydrogens (primary N) is 1. The van der Waals surface area contributed by atoms with E-state index in [1.54, 1.807) is 6.92 Å². The first-order valence-corrected chi connectivity index (χ1v) is 6.01.